The van der Waals surface area contributed by atoms with E-state index in [0.29, 0.717) is 0 Å². The van der Waals surface area contributed by atoms with E-state index >= 15 is 0 Å². The summed E-state index contributed by atoms with van der Waals surface area (Å²) >= 11 is 0. The number of hydrogen-bond donors (Lipinski definition) is 0. The maximum Gasteiger partial charge on any atom is 0.160 e. The van der Waals surface area contributed by atoms with E-state index in [9.17, 15) is 0 Å². The fraction of sp³-hybridized carbons (Fsp3) is 0. The van der Waals surface area contributed by atoms with Gasteiger partial charge in [-0.2, -0.15) is 0 Å². The molecule has 0 aliphatic rings. The van der Waals surface area contributed by atoms with Gasteiger partial charge >= 0.3 is 0 Å². The Kier molecular flexibility index (Phi) is 5.20. The number of aromatic nitrogens is 3. The summed E-state index contributed by atoms with van der Waals surface area (Å²) in [5.41, 5.74) is 9.91. The van der Waals surface area contributed by atoms with Gasteiger partial charge in [-0.05, 0) is 64.4 Å². The third-order valence-corrected chi connectivity index (χ3v) is 8.58. The van der Waals surface area contributed by atoms with Crippen LogP contribution in [-0.4, -0.2) is 14.5 Å². The molecule has 0 radical (unpaired) electrons. The van der Waals surface area contributed by atoms with Crippen LogP contribution in [0, 0.1) is 0 Å². The Balaban J connectivity index is 1.16. The Hall–Kier alpha value is -5.80. The van der Waals surface area contributed by atoms with Gasteiger partial charge in [0, 0.05) is 33.0 Å². The van der Waals surface area contributed by atoms with Crippen molar-refractivity contribution in [2.45, 2.75) is 0 Å². The van der Waals surface area contributed by atoms with Crippen molar-refractivity contribution in [1.82, 2.24) is 14.5 Å². The molecule has 2 aromatic heterocycles. The molecular formula is C40H25N3. The second-order valence-electron chi connectivity index (χ2n) is 11.1. The zero-order valence-electron chi connectivity index (χ0n) is 23.3. The molecule has 2 heterocycles. The molecule has 0 spiro atoms. The second-order valence-corrected chi connectivity index (χ2v) is 11.1. The highest BCUT2D eigenvalue weighted by atomic mass is 15.0. The van der Waals surface area contributed by atoms with Crippen molar-refractivity contribution in [2.75, 3.05) is 0 Å². The molecule has 0 saturated carbocycles. The van der Waals surface area contributed by atoms with Crippen LogP contribution in [0.4, 0.5) is 0 Å². The lowest BCUT2D eigenvalue weighted by atomic mass is 10.0. The van der Waals surface area contributed by atoms with Gasteiger partial charge in [0.05, 0.1) is 22.2 Å². The molecule has 200 valence electrons. The normalized spacial score (nSPS) is 11.7. The van der Waals surface area contributed by atoms with E-state index in [1.807, 2.05) is 12.1 Å². The maximum atomic E-state index is 5.14. The van der Waals surface area contributed by atoms with Gasteiger partial charge in [-0.15, -0.1) is 0 Å². The molecule has 0 N–H and O–H groups in total. The summed E-state index contributed by atoms with van der Waals surface area (Å²) < 4.78 is 2.37. The van der Waals surface area contributed by atoms with Crippen LogP contribution in [0.3, 0.4) is 0 Å². The Morgan fingerprint density at radius 2 is 0.977 bits per heavy atom. The van der Waals surface area contributed by atoms with Gasteiger partial charge in [0.25, 0.3) is 0 Å². The SMILES string of the molecule is c1ccc(-c2ccc(-c3nc(-c4ccc(-n5c6cccc7ccc8cccc5c8c76)cc4)nc4ccccc34)cc2)cc1. The van der Waals surface area contributed by atoms with Crippen molar-refractivity contribution in [3.05, 3.63) is 152 Å². The van der Waals surface area contributed by atoms with Gasteiger partial charge in [0.15, 0.2) is 5.82 Å². The molecule has 0 aliphatic heterocycles. The molecule has 7 aromatic carbocycles. The number of nitrogens with zero attached hydrogens (tertiary/aromatic N) is 3. The van der Waals surface area contributed by atoms with Gasteiger partial charge in [-0.25, -0.2) is 9.97 Å². The molecular weight excluding hydrogens is 522 g/mol. The van der Waals surface area contributed by atoms with Crippen LogP contribution in [0.2, 0.25) is 0 Å². The standard InChI is InChI=1S/C40H25N3/c1-2-8-26(9-3-1)27-16-20-30(21-17-27)39-33-12-4-5-13-34(33)41-40(42-39)31-22-24-32(25-23-31)43-35-14-6-10-28-18-19-29-11-7-15-36(43)38(29)37(28)35/h1-25H. The van der Waals surface area contributed by atoms with Crippen LogP contribution < -0.4 is 0 Å². The first-order valence-electron chi connectivity index (χ1n) is 14.6. The van der Waals surface area contributed by atoms with Crippen molar-refractivity contribution < 1.29 is 0 Å². The summed E-state index contributed by atoms with van der Waals surface area (Å²) in [6.45, 7) is 0. The molecule has 9 aromatic rings. The molecule has 0 amide bonds. The lowest BCUT2D eigenvalue weighted by molar-refractivity contribution is 1.17. The Morgan fingerprint density at radius 1 is 0.395 bits per heavy atom. The fourth-order valence-electron chi connectivity index (χ4n) is 6.53. The van der Waals surface area contributed by atoms with Crippen LogP contribution in [0.5, 0.6) is 0 Å². The lowest BCUT2D eigenvalue weighted by Crippen LogP contribution is -1.97. The highest BCUT2D eigenvalue weighted by Crippen LogP contribution is 2.39. The highest BCUT2D eigenvalue weighted by Gasteiger charge is 2.17. The number of fused-ring (bicyclic) bond motifs is 1. The van der Waals surface area contributed by atoms with E-state index in [1.165, 1.54) is 43.7 Å². The number of para-hydroxylation sites is 1. The first-order chi connectivity index (χ1) is 21.3. The van der Waals surface area contributed by atoms with Gasteiger partial charge in [-0.1, -0.05) is 109 Å². The van der Waals surface area contributed by atoms with Gasteiger partial charge < -0.3 is 4.57 Å². The summed E-state index contributed by atoms with van der Waals surface area (Å²) in [6, 6.07) is 53.6. The Morgan fingerprint density at radius 3 is 1.67 bits per heavy atom. The largest absolute Gasteiger partial charge is 0.309 e. The molecule has 43 heavy (non-hydrogen) atoms. The minimum Gasteiger partial charge on any atom is -0.309 e. The smallest absolute Gasteiger partial charge is 0.160 e. The molecule has 0 fully saturated rings. The topological polar surface area (TPSA) is 30.7 Å². The summed E-state index contributed by atoms with van der Waals surface area (Å²) in [5, 5.41) is 6.23. The molecule has 3 nitrogen and oxygen atoms in total. The predicted molar refractivity (Wildman–Crippen MR) is 179 cm³/mol. The van der Waals surface area contributed by atoms with E-state index in [-0.39, 0.29) is 0 Å². The third-order valence-electron chi connectivity index (χ3n) is 8.58. The zero-order valence-corrected chi connectivity index (χ0v) is 23.3. The monoisotopic (exact) mass is 547 g/mol. The summed E-state index contributed by atoms with van der Waals surface area (Å²) in [7, 11) is 0. The first kappa shape index (κ1) is 23.9. The van der Waals surface area contributed by atoms with Crippen LogP contribution in [0.25, 0.3) is 82.9 Å². The quantitative estimate of drug-likeness (QED) is 0.205. The highest BCUT2D eigenvalue weighted by molar-refractivity contribution is 6.24. The van der Waals surface area contributed by atoms with Crippen molar-refractivity contribution in [3.8, 4) is 39.5 Å². The van der Waals surface area contributed by atoms with Crippen molar-refractivity contribution in [3.63, 3.8) is 0 Å². The van der Waals surface area contributed by atoms with E-state index < -0.39 is 0 Å². The minimum atomic E-state index is 0.723. The van der Waals surface area contributed by atoms with Crippen molar-refractivity contribution >= 4 is 43.5 Å². The summed E-state index contributed by atoms with van der Waals surface area (Å²) in [6.07, 6.45) is 0. The molecule has 0 saturated heterocycles. The molecule has 9 rings (SSSR count). The van der Waals surface area contributed by atoms with E-state index in [2.05, 4.69) is 144 Å². The van der Waals surface area contributed by atoms with E-state index in [4.69, 9.17) is 9.97 Å². The molecule has 0 bridgehead atoms. The van der Waals surface area contributed by atoms with Gasteiger partial charge in [-0.3, -0.25) is 0 Å². The number of benzene rings is 7. The molecule has 3 heteroatoms. The maximum absolute atomic E-state index is 5.14. The molecule has 0 atom stereocenters. The minimum absolute atomic E-state index is 0.723. The average Bonchev–Trinajstić information content (AvgIpc) is 3.43. The van der Waals surface area contributed by atoms with E-state index in [1.54, 1.807) is 0 Å². The predicted octanol–water partition coefficient (Wildman–Crippen LogP) is 10.3. The Labute approximate surface area is 248 Å². The van der Waals surface area contributed by atoms with E-state index in [0.717, 1.165) is 39.2 Å². The van der Waals surface area contributed by atoms with Crippen LogP contribution in [0.15, 0.2) is 152 Å². The Bertz CT molecular complexity index is 2350. The van der Waals surface area contributed by atoms with Gasteiger partial charge in [0.1, 0.15) is 0 Å². The van der Waals surface area contributed by atoms with Crippen molar-refractivity contribution in [1.29, 1.82) is 0 Å². The number of hydrogen-bond acceptors (Lipinski definition) is 2. The first-order valence-corrected chi connectivity index (χ1v) is 14.6. The number of rotatable bonds is 4. The fourth-order valence-corrected chi connectivity index (χ4v) is 6.53. The molecule has 0 unspecified atom stereocenters. The van der Waals surface area contributed by atoms with Crippen LogP contribution >= 0.6 is 0 Å². The zero-order chi connectivity index (χ0) is 28.3. The average molecular weight is 548 g/mol. The van der Waals surface area contributed by atoms with Gasteiger partial charge in [0.2, 0.25) is 0 Å². The van der Waals surface area contributed by atoms with Crippen LogP contribution in [0.1, 0.15) is 0 Å². The molecule has 0 aliphatic carbocycles. The third kappa shape index (κ3) is 3.75. The lowest BCUT2D eigenvalue weighted by Gasteiger charge is -2.12. The summed E-state index contributed by atoms with van der Waals surface area (Å²) in [4.78, 5) is 10.1. The van der Waals surface area contributed by atoms with Crippen molar-refractivity contribution in [2.24, 2.45) is 0 Å². The summed E-state index contributed by atoms with van der Waals surface area (Å²) in [5.74, 6) is 0.723. The van der Waals surface area contributed by atoms with Crippen LogP contribution in [-0.2, 0) is 0 Å². The second kappa shape index (κ2) is 9.37.